The van der Waals surface area contributed by atoms with Crippen LogP contribution in [0, 0.1) is 0 Å². The Balaban J connectivity index is 1.92. The van der Waals surface area contributed by atoms with E-state index in [1.54, 1.807) is 42.5 Å². The zero-order valence-electron chi connectivity index (χ0n) is 20.1. The minimum absolute atomic E-state index is 0.156. The Morgan fingerprint density at radius 2 is 1.81 bits per heavy atom. The lowest BCUT2D eigenvalue weighted by molar-refractivity contribution is -0.142. The van der Waals surface area contributed by atoms with Crippen molar-refractivity contribution in [2.75, 3.05) is 24.4 Å². The molecule has 0 aliphatic rings. The van der Waals surface area contributed by atoms with E-state index in [2.05, 4.69) is 15.6 Å². The van der Waals surface area contributed by atoms with Gasteiger partial charge < -0.3 is 15.4 Å². The summed E-state index contributed by atoms with van der Waals surface area (Å²) in [7, 11) is -3.05. The summed E-state index contributed by atoms with van der Waals surface area (Å²) in [5.74, 6) is -0.525. The third kappa shape index (κ3) is 7.54. The molecule has 1 aromatic heterocycles. The number of hydrogen-bond acceptors (Lipinski definition) is 8. The van der Waals surface area contributed by atoms with Crippen LogP contribution in [0.1, 0.15) is 16.8 Å². The number of ether oxygens (including phenoxy) is 1. The summed E-state index contributed by atoms with van der Waals surface area (Å²) >= 11 is 1.52. The Bertz CT molecular complexity index is 1350. The first-order valence-corrected chi connectivity index (χ1v) is 13.9. The molecule has 1 atom stereocenters. The number of carbonyl (C=O) groups is 3. The Morgan fingerprint density at radius 3 is 2.46 bits per heavy atom. The van der Waals surface area contributed by atoms with Gasteiger partial charge in [0.05, 0.1) is 23.9 Å². The quantitative estimate of drug-likeness (QED) is 0.331. The van der Waals surface area contributed by atoms with Gasteiger partial charge in [-0.2, -0.15) is 11.8 Å². The number of rotatable bonds is 10. The second kappa shape index (κ2) is 12.9. The maximum absolute atomic E-state index is 13.2. The molecule has 0 spiro atoms. The third-order valence-electron chi connectivity index (χ3n) is 5.18. The topological polar surface area (TPSA) is 144 Å². The lowest BCUT2D eigenvalue weighted by Crippen LogP contribution is -2.42. The van der Waals surface area contributed by atoms with Gasteiger partial charge in [0.15, 0.2) is 0 Å². The minimum atomic E-state index is -4.30. The van der Waals surface area contributed by atoms with Gasteiger partial charge in [-0.3, -0.25) is 9.78 Å². The first-order valence-electron chi connectivity index (χ1n) is 11.1. The van der Waals surface area contributed by atoms with E-state index in [0.29, 0.717) is 29.0 Å². The molecule has 2 aromatic carbocycles. The fourth-order valence-electron chi connectivity index (χ4n) is 3.38. The molecule has 0 bridgehead atoms. The molecule has 12 heteroatoms. The van der Waals surface area contributed by atoms with Crippen molar-refractivity contribution in [3.8, 4) is 11.1 Å². The zero-order valence-corrected chi connectivity index (χ0v) is 21.8. The second-order valence-corrected chi connectivity index (χ2v) is 10.4. The number of nitrogens with zero attached hydrogens (tertiary/aromatic N) is 1. The molecule has 37 heavy (non-hydrogen) atoms. The van der Waals surface area contributed by atoms with Gasteiger partial charge in [0.1, 0.15) is 6.04 Å². The largest absolute Gasteiger partial charge is 0.467 e. The van der Waals surface area contributed by atoms with Crippen LogP contribution in [-0.2, 0) is 19.6 Å². The molecule has 0 aliphatic carbocycles. The van der Waals surface area contributed by atoms with E-state index in [9.17, 15) is 22.8 Å². The number of methoxy groups -OCH3 is 1. The number of esters is 1. The molecule has 3 rings (SSSR count). The van der Waals surface area contributed by atoms with Crippen molar-refractivity contribution in [1.29, 1.82) is 0 Å². The van der Waals surface area contributed by atoms with Gasteiger partial charge in [0.2, 0.25) is 0 Å². The molecule has 1 heterocycles. The summed E-state index contributed by atoms with van der Waals surface area (Å²) < 4.78 is 32.7. The van der Waals surface area contributed by atoms with E-state index in [1.807, 2.05) is 11.0 Å². The highest BCUT2D eigenvalue weighted by Crippen LogP contribution is 2.27. The second-order valence-electron chi connectivity index (χ2n) is 7.71. The number of sulfonamides is 1. The molecule has 3 N–H and O–H groups in total. The van der Waals surface area contributed by atoms with E-state index < -0.39 is 34.0 Å². The van der Waals surface area contributed by atoms with Crippen LogP contribution in [-0.4, -0.2) is 56.5 Å². The van der Waals surface area contributed by atoms with Crippen molar-refractivity contribution in [2.24, 2.45) is 0 Å². The Hall–Kier alpha value is -3.90. The monoisotopic (exact) mass is 542 g/mol. The van der Waals surface area contributed by atoms with Gasteiger partial charge in [-0.15, -0.1) is 0 Å². The van der Waals surface area contributed by atoms with Crippen LogP contribution >= 0.6 is 11.8 Å². The first-order chi connectivity index (χ1) is 17.7. The van der Waals surface area contributed by atoms with Crippen molar-refractivity contribution in [3.05, 3.63) is 78.6 Å². The standard InChI is InChI=1S/C25H26N4O6S2/c1-35-24(31)22(12-14-36-2)28-23(30)20-11-10-19(15-21(20)17-7-4-3-5-8-17)37(33,34)29-25(32)27-18-9-6-13-26-16-18/h3-11,13,15-16,22H,12,14H2,1-2H3,(H,28,30)(H2,27,29,32)/t22-/m0/s1. The summed E-state index contributed by atoms with van der Waals surface area (Å²) in [5.41, 5.74) is 1.35. The Morgan fingerprint density at radius 1 is 1.05 bits per heavy atom. The number of carbonyl (C=O) groups excluding carboxylic acids is 3. The SMILES string of the molecule is COC(=O)[C@H](CCSC)NC(=O)c1ccc(S(=O)(=O)NC(=O)Nc2cccnc2)cc1-c1ccccc1. The Labute approximate surface area is 219 Å². The zero-order chi connectivity index (χ0) is 26.8. The molecule has 0 saturated heterocycles. The number of hydrogen-bond donors (Lipinski definition) is 3. The van der Waals surface area contributed by atoms with Crippen LogP contribution in [0.25, 0.3) is 11.1 Å². The summed E-state index contributed by atoms with van der Waals surface area (Å²) in [5, 5.41) is 5.08. The highest BCUT2D eigenvalue weighted by molar-refractivity contribution is 7.98. The maximum atomic E-state index is 13.2. The normalized spacial score (nSPS) is 11.7. The van der Waals surface area contributed by atoms with E-state index in [1.165, 1.54) is 49.5 Å². The average Bonchev–Trinajstić information content (AvgIpc) is 2.90. The van der Waals surface area contributed by atoms with Crippen LogP contribution in [0.5, 0.6) is 0 Å². The molecule has 0 unspecified atom stereocenters. The van der Waals surface area contributed by atoms with Gasteiger partial charge in [-0.25, -0.2) is 22.7 Å². The molecule has 3 amide bonds. The van der Waals surface area contributed by atoms with Crippen LogP contribution in [0.3, 0.4) is 0 Å². The van der Waals surface area contributed by atoms with Crippen LogP contribution in [0.15, 0.2) is 78.0 Å². The summed E-state index contributed by atoms with van der Waals surface area (Å²) in [6, 6.07) is 13.9. The van der Waals surface area contributed by atoms with E-state index in [0.717, 1.165) is 0 Å². The molecule has 3 aromatic rings. The van der Waals surface area contributed by atoms with Gasteiger partial charge in [0.25, 0.3) is 15.9 Å². The van der Waals surface area contributed by atoms with Crippen molar-refractivity contribution < 1.29 is 27.5 Å². The predicted molar refractivity (Wildman–Crippen MR) is 142 cm³/mol. The fourth-order valence-corrected chi connectivity index (χ4v) is 4.79. The molecule has 0 aliphatic heterocycles. The van der Waals surface area contributed by atoms with Gasteiger partial charge in [-0.05, 0) is 59.9 Å². The summed E-state index contributed by atoms with van der Waals surface area (Å²) in [4.78, 5) is 41.3. The number of amides is 3. The van der Waals surface area contributed by atoms with E-state index in [-0.39, 0.29) is 10.5 Å². The van der Waals surface area contributed by atoms with Gasteiger partial charge in [-0.1, -0.05) is 30.3 Å². The smallest absolute Gasteiger partial charge is 0.333 e. The highest BCUT2D eigenvalue weighted by Gasteiger charge is 2.25. The van der Waals surface area contributed by atoms with Crippen molar-refractivity contribution in [3.63, 3.8) is 0 Å². The molecular weight excluding hydrogens is 516 g/mol. The molecule has 10 nitrogen and oxygen atoms in total. The van der Waals surface area contributed by atoms with Gasteiger partial charge in [0, 0.05) is 11.8 Å². The number of benzene rings is 2. The number of urea groups is 1. The number of thioether (sulfide) groups is 1. The molecule has 0 fully saturated rings. The third-order valence-corrected chi connectivity index (χ3v) is 7.15. The summed E-state index contributed by atoms with van der Waals surface area (Å²) in [6.45, 7) is 0. The Kier molecular flexibility index (Phi) is 9.64. The van der Waals surface area contributed by atoms with E-state index >= 15 is 0 Å². The highest BCUT2D eigenvalue weighted by atomic mass is 32.2. The molecular formula is C25H26N4O6S2. The first kappa shape index (κ1) is 27.7. The van der Waals surface area contributed by atoms with Crippen molar-refractivity contribution in [1.82, 2.24) is 15.0 Å². The number of aromatic nitrogens is 1. The molecule has 0 radical (unpaired) electrons. The van der Waals surface area contributed by atoms with E-state index in [4.69, 9.17) is 4.74 Å². The average molecular weight is 543 g/mol. The van der Waals surface area contributed by atoms with Crippen LogP contribution in [0.4, 0.5) is 10.5 Å². The number of nitrogens with one attached hydrogen (secondary N) is 3. The number of pyridine rings is 1. The fraction of sp³-hybridized carbons (Fsp3) is 0.200. The number of anilines is 1. The van der Waals surface area contributed by atoms with Crippen molar-refractivity contribution in [2.45, 2.75) is 17.4 Å². The molecule has 0 saturated carbocycles. The molecule has 194 valence electrons. The van der Waals surface area contributed by atoms with Crippen LogP contribution < -0.4 is 15.4 Å². The maximum Gasteiger partial charge on any atom is 0.333 e. The van der Waals surface area contributed by atoms with Crippen molar-refractivity contribution >= 4 is 45.4 Å². The van der Waals surface area contributed by atoms with Gasteiger partial charge >= 0.3 is 12.0 Å². The minimum Gasteiger partial charge on any atom is -0.467 e. The predicted octanol–water partition coefficient (Wildman–Crippen LogP) is 3.28. The summed E-state index contributed by atoms with van der Waals surface area (Å²) in [6.07, 6.45) is 5.13. The van der Waals surface area contributed by atoms with Crippen LogP contribution in [0.2, 0.25) is 0 Å². The lowest BCUT2D eigenvalue weighted by atomic mass is 9.99. The lowest BCUT2D eigenvalue weighted by Gasteiger charge is -2.18.